The zero-order valence-corrected chi connectivity index (χ0v) is 14.9. The van der Waals surface area contributed by atoms with Gasteiger partial charge in [-0.1, -0.05) is 29.5 Å². The quantitative estimate of drug-likeness (QED) is 0.581. The number of fused-ring (bicyclic) bond motifs is 1. The lowest BCUT2D eigenvalue weighted by molar-refractivity contribution is 0.0692. The van der Waals surface area contributed by atoms with Crippen molar-refractivity contribution in [2.75, 3.05) is 5.32 Å². The van der Waals surface area contributed by atoms with Crippen LogP contribution in [-0.2, 0) is 10.1 Å². The second-order valence-electron chi connectivity index (χ2n) is 5.35. The van der Waals surface area contributed by atoms with Crippen molar-refractivity contribution in [1.29, 1.82) is 0 Å². The minimum Gasteiger partial charge on any atom is -0.478 e. The van der Waals surface area contributed by atoms with Gasteiger partial charge in [-0.15, -0.1) is 0 Å². The van der Waals surface area contributed by atoms with E-state index >= 15 is 0 Å². The number of rotatable bonds is 4. The fraction of sp³-hybridized carbons (Fsp3) is 0.0625. The Hall–Kier alpha value is -2.82. The highest BCUT2D eigenvalue weighted by atomic mass is 32.2. The van der Waals surface area contributed by atoms with E-state index in [1.807, 2.05) is 25.1 Å². The number of carbonyl (C=O) groups excluding carboxylic acids is 1. The van der Waals surface area contributed by atoms with E-state index in [1.165, 1.54) is 0 Å². The largest absolute Gasteiger partial charge is 0.478 e. The standard InChI is InChI=1S/C16H12N2O6S2/c1-8-4-2-6-10-13(8)17-16(25-10)18-14(19)12-9(15(20)21)5-3-7-11(12)26(22,23)24/h2-7H,1H3,(H,20,21)(H,17,18,19)(H,22,23,24). The van der Waals surface area contributed by atoms with Gasteiger partial charge in [0.2, 0.25) is 0 Å². The molecule has 1 heterocycles. The van der Waals surface area contributed by atoms with Crippen LogP contribution in [0.3, 0.4) is 0 Å². The molecule has 8 nitrogen and oxygen atoms in total. The molecule has 3 N–H and O–H groups in total. The fourth-order valence-electron chi connectivity index (χ4n) is 2.46. The number of benzene rings is 2. The number of carbonyl (C=O) groups is 2. The highest BCUT2D eigenvalue weighted by Crippen LogP contribution is 2.29. The smallest absolute Gasteiger partial charge is 0.336 e. The normalized spacial score (nSPS) is 11.5. The van der Waals surface area contributed by atoms with Crippen LogP contribution in [0.5, 0.6) is 0 Å². The number of amides is 1. The summed E-state index contributed by atoms with van der Waals surface area (Å²) >= 11 is 1.16. The number of anilines is 1. The Morgan fingerprint density at radius 1 is 1.15 bits per heavy atom. The Morgan fingerprint density at radius 2 is 1.85 bits per heavy atom. The number of hydrogen-bond acceptors (Lipinski definition) is 6. The first-order valence-corrected chi connectivity index (χ1v) is 9.45. The number of aromatic carboxylic acids is 1. The molecule has 0 aliphatic carbocycles. The van der Waals surface area contributed by atoms with E-state index in [0.717, 1.165) is 39.8 Å². The number of hydrogen-bond donors (Lipinski definition) is 3. The Balaban J connectivity index is 2.09. The third kappa shape index (κ3) is 3.29. The number of thiazole rings is 1. The van der Waals surface area contributed by atoms with Gasteiger partial charge in [-0.05, 0) is 30.7 Å². The molecule has 2 aromatic carbocycles. The number of nitrogens with one attached hydrogen (secondary N) is 1. The summed E-state index contributed by atoms with van der Waals surface area (Å²) in [6.45, 7) is 1.85. The number of carboxylic acids is 1. The molecule has 0 aliphatic heterocycles. The predicted molar refractivity (Wildman–Crippen MR) is 95.5 cm³/mol. The summed E-state index contributed by atoms with van der Waals surface area (Å²) in [7, 11) is -4.80. The molecule has 0 aliphatic rings. The van der Waals surface area contributed by atoms with Crippen LogP contribution in [0.1, 0.15) is 26.3 Å². The van der Waals surface area contributed by atoms with Crippen LogP contribution in [0, 0.1) is 6.92 Å². The van der Waals surface area contributed by atoms with Crippen LogP contribution in [0.2, 0.25) is 0 Å². The van der Waals surface area contributed by atoms with E-state index in [1.54, 1.807) is 0 Å². The minimum atomic E-state index is -4.80. The molecule has 1 amide bonds. The first-order chi connectivity index (χ1) is 12.2. The molecule has 3 rings (SSSR count). The third-order valence-corrected chi connectivity index (χ3v) is 5.43. The van der Waals surface area contributed by atoms with Crippen molar-refractivity contribution in [3.63, 3.8) is 0 Å². The van der Waals surface area contributed by atoms with E-state index in [-0.39, 0.29) is 5.13 Å². The molecule has 0 unspecified atom stereocenters. The van der Waals surface area contributed by atoms with Crippen LogP contribution < -0.4 is 5.32 Å². The lowest BCUT2D eigenvalue weighted by Crippen LogP contribution is -2.20. The summed E-state index contributed by atoms with van der Waals surface area (Å²) < 4.78 is 33.2. The maximum atomic E-state index is 12.6. The van der Waals surface area contributed by atoms with Crippen LogP contribution in [0.4, 0.5) is 5.13 Å². The first kappa shape index (κ1) is 18.0. The van der Waals surface area contributed by atoms with Crippen LogP contribution in [-0.4, -0.2) is 34.9 Å². The Labute approximate surface area is 151 Å². The van der Waals surface area contributed by atoms with Crippen molar-refractivity contribution in [1.82, 2.24) is 4.98 Å². The van der Waals surface area contributed by atoms with E-state index in [0.29, 0.717) is 5.52 Å². The predicted octanol–water partition coefficient (Wildman–Crippen LogP) is 2.80. The van der Waals surface area contributed by atoms with Gasteiger partial charge in [0, 0.05) is 0 Å². The Kier molecular flexibility index (Phi) is 4.48. The first-order valence-electron chi connectivity index (χ1n) is 7.20. The van der Waals surface area contributed by atoms with Crippen molar-refractivity contribution in [3.8, 4) is 0 Å². The summed E-state index contributed by atoms with van der Waals surface area (Å²) in [5.74, 6) is -2.49. The zero-order valence-electron chi connectivity index (χ0n) is 13.3. The lowest BCUT2D eigenvalue weighted by Gasteiger charge is -2.09. The molecule has 0 spiro atoms. The molecule has 26 heavy (non-hydrogen) atoms. The molecule has 10 heteroatoms. The SMILES string of the molecule is Cc1cccc2sc(NC(=O)c3c(C(=O)O)cccc3S(=O)(=O)O)nc12. The second kappa shape index (κ2) is 6.48. The molecule has 134 valence electrons. The van der Waals surface area contributed by atoms with E-state index in [4.69, 9.17) is 0 Å². The van der Waals surface area contributed by atoms with Gasteiger partial charge < -0.3 is 5.11 Å². The lowest BCUT2D eigenvalue weighted by atomic mass is 10.1. The van der Waals surface area contributed by atoms with Crippen molar-refractivity contribution < 1.29 is 27.7 Å². The van der Waals surface area contributed by atoms with Crippen molar-refractivity contribution in [2.45, 2.75) is 11.8 Å². The second-order valence-corrected chi connectivity index (χ2v) is 7.77. The summed E-state index contributed by atoms with van der Waals surface area (Å²) in [5.41, 5.74) is 0.367. The van der Waals surface area contributed by atoms with Crippen LogP contribution in [0.25, 0.3) is 10.2 Å². The Bertz CT molecular complexity index is 1150. The van der Waals surface area contributed by atoms with Gasteiger partial charge in [-0.3, -0.25) is 14.7 Å². The number of para-hydroxylation sites is 1. The summed E-state index contributed by atoms with van der Waals surface area (Å²) in [6.07, 6.45) is 0. The molecule has 0 atom stereocenters. The molecule has 0 fully saturated rings. The molecule has 0 saturated carbocycles. The summed E-state index contributed by atoms with van der Waals surface area (Å²) in [5, 5.41) is 11.8. The van der Waals surface area contributed by atoms with E-state index in [2.05, 4.69) is 10.3 Å². The highest BCUT2D eigenvalue weighted by Gasteiger charge is 2.27. The van der Waals surface area contributed by atoms with Gasteiger partial charge in [-0.25, -0.2) is 9.78 Å². The highest BCUT2D eigenvalue weighted by molar-refractivity contribution is 7.86. The maximum Gasteiger partial charge on any atom is 0.336 e. The van der Waals surface area contributed by atoms with Crippen molar-refractivity contribution in [3.05, 3.63) is 53.1 Å². The average molecular weight is 392 g/mol. The fourth-order valence-corrected chi connectivity index (χ4v) is 4.11. The average Bonchev–Trinajstić information content (AvgIpc) is 2.97. The number of carboxylic acid groups (broad SMARTS) is 1. The molecule has 3 aromatic rings. The van der Waals surface area contributed by atoms with Crippen LogP contribution >= 0.6 is 11.3 Å². The summed E-state index contributed by atoms with van der Waals surface area (Å²) in [4.78, 5) is 27.4. The monoisotopic (exact) mass is 392 g/mol. The number of nitrogens with zero attached hydrogens (tertiary/aromatic N) is 1. The molecule has 0 saturated heterocycles. The van der Waals surface area contributed by atoms with Gasteiger partial charge >= 0.3 is 5.97 Å². The summed E-state index contributed by atoms with van der Waals surface area (Å²) in [6, 6.07) is 8.66. The zero-order chi connectivity index (χ0) is 19.1. The van der Waals surface area contributed by atoms with Gasteiger partial charge in [0.15, 0.2) is 5.13 Å². The van der Waals surface area contributed by atoms with E-state index in [9.17, 15) is 27.7 Å². The number of aryl methyl sites for hydroxylation is 1. The molecular formula is C16H12N2O6S2. The molecular weight excluding hydrogens is 380 g/mol. The molecule has 0 radical (unpaired) electrons. The molecule has 1 aromatic heterocycles. The maximum absolute atomic E-state index is 12.6. The van der Waals surface area contributed by atoms with Gasteiger partial charge in [0.05, 0.1) is 21.3 Å². The van der Waals surface area contributed by atoms with E-state index < -0.39 is 38.0 Å². The minimum absolute atomic E-state index is 0.181. The van der Waals surface area contributed by atoms with Gasteiger partial charge in [0.1, 0.15) is 4.90 Å². The number of aromatic nitrogens is 1. The van der Waals surface area contributed by atoms with Gasteiger partial charge in [-0.2, -0.15) is 8.42 Å². The van der Waals surface area contributed by atoms with Crippen molar-refractivity contribution in [2.24, 2.45) is 0 Å². The Morgan fingerprint density at radius 3 is 2.46 bits per heavy atom. The molecule has 0 bridgehead atoms. The van der Waals surface area contributed by atoms with Gasteiger partial charge in [0.25, 0.3) is 16.0 Å². The topological polar surface area (TPSA) is 134 Å². The van der Waals surface area contributed by atoms with Crippen LogP contribution in [0.15, 0.2) is 41.3 Å². The third-order valence-electron chi connectivity index (χ3n) is 3.60. The van der Waals surface area contributed by atoms with Crippen molar-refractivity contribution >= 4 is 48.7 Å².